The second-order valence-corrected chi connectivity index (χ2v) is 4.39. The van der Waals surface area contributed by atoms with Crippen LogP contribution in [0.5, 0.6) is 0 Å². The number of hydrogen-bond donors (Lipinski definition) is 1. The molecule has 0 radical (unpaired) electrons. The van der Waals surface area contributed by atoms with E-state index >= 15 is 0 Å². The molecule has 1 aromatic carbocycles. The molecule has 16 heavy (non-hydrogen) atoms. The lowest BCUT2D eigenvalue weighted by atomic mass is 9.94. The summed E-state index contributed by atoms with van der Waals surface area (Å²) in [4.78, 5) is 0. The summed E-state index contributed by atoms with van der Waals surface area (Å²) >= 11 is 0. The van der Waals surface area contributed by atoms with Gasteiger partial charge in [-0.2, -0.15) is 0 Å². The van der Waals surface area contributed by atoms with Gasteiger partial charge in [0.2, 0.25) is 0 Å². The van der Waals surface area contributed by atoms with Crippen LogP contribution in [0.2, 0.25) is 0 Å². The van der Waals surface area contributed by atoms with Crippen LogP contribution in [0, 0.1) is 29.3 Å². The molecule has 0 heterocycles. The maximum absolute atomic E-state index is 13.4. The highest BCUT2D eigenvalue weighted by Crippen LogP contribution is 2.38. The summed E-state index contributed by atoms with van der Waals surface area (Å²) in [6.07, 6.45) is 2.41. The molecule has 0 spiro atoms. The van der Waals surface area contributed by atoms with E-state index in [1.165, 1.54) is 0 Å². The first-order chi connectivity index (χ1) is 7.61. The van der Waals surface area contributed by atoms with Crippen molar-refractivity contribution in [2.75, 3.05) is 6.54 Å². The molecule has 0 unspecified atom stereocenters. The first-order valence-electron chi connectivity index (χ1n) is 5.45. The van der Waals surface area contributed by atoms with Crippen molar-refractivity contribution >= 4 is 0 Å². The molecule has 0 aromatic heterocycles. The Labute approximate surface area is 92.5 Å². The van der Waals surface area contributed by atoms with Crippen molar-refractivity contribution in [3.8, 4) is 0 Å². The normalized spacial score (nSPS) is 17.5. The van der Waals surface area contributed by atoms with Crippen molar-refractivity contribution in [1.29, 1.82) is 0 Å². The number of hydrogen-bond acceptors (Lipinski definition) is 1. The van der Waals surface area contributed by atoms with Crippen LogP contribution in [0.15, 0.2) is 12.1 Å². The minimum Gasteiger partial charge on any atom is -0.330 e. The summed E-state index contributed by atoms with van der Waals surface area (Å²) in [5, 5.41) is 0. The molecule has 1 nitrogen and oxygen atoms in total. The first-order valence-corrected chi connectivity index (χ1v) is 5.45. The van der Waals surface area contributed by atoms with Crippen molar-refractivity contribution in [3.05, 3.63) is 35.1 Å². The standard InChI is InChI=1S/C12H14F3N/c13-9-4-11(14)10(12(15)5-9)3-8(6-16)7-1-2-7/h4-5,7-8H,1-3,6,16H2/t8-/m0/s1. The van der Waals surface area contributed by atoms with E-state index in [-0.39, 0.29) is 17.9 Å². The quantitative estimate of drug-likeness (QED) is 0.843. The van der Waals surface area contributed by atoms with Crippen LogP contribution in [-0.2, 0) is 6.42 Å². The topological polar surface area (TPSA) is 26.0 Å². The van der Waals surface area contributed by atoms with Gasteiger partial charge >= 0.3 is 0 Å². The average molecular weight is 229 g/mol. The monoisotopic (exact) mass is 229 g/mol. The molecule has 1 fully saturated rings. The highest BCUT2D eigenvalue weighted by Gasteiger charge is 2.31. The zero-order valence-corrected chi connectivity index (χ0v) is 8.85. The van der Waals surface area contributed by atoms with Crippen LogP contribution < -0.4 is 5.73 Å². The van der Waals surface area contributed by atoms with Gasteiger partial charge in [-0.05, 0) is 37.6 Å². The second-order valence-electron chi connectivity index (χ2n) is 4.39. The van der Waals surface area contributed by atoms with Crippen molar-refractivity contribution < 1.29 is 13.2 Å². The van der Waals surface area contributed by atoms with Gasteiger partial charge in [-0.1, -0.05) is 0 Å². The fraction of sp³-hybridized carbons (Fsp3) is 0.500. The molecule has 1 aromatic rings. The van der Waals surface area contributed by atoms with Gasteiger partial charge < -0.3 is 5.73 Å². The average Bonchev–Trinajstić information content (AvgIpc) is 3.00. The van der Waals surface area contributed by atoms with E-state index in [0.717, 1.165) is 25.0 Å². The van der Waals surface area contributed by atoms with Crippen molar-refractivity contribution in [1.82, 2.24) is 0 Å². The minimum absolute atomic E-state index is 0.0382. The number of rotatable bonds is 4. The Hall–Kier alpha value is -1.03. The molecule has 2 N–H and O–H groups in total. The maximum Gasteiger partial charge on any atom is 0.132 e. The van der Waals surface area contributed by atoms with Gasteiger partial charge in [0.1, 0.15) is 17.5 Å². The van der Waals surface area contributed by atoms with Crippen LogP contribution in [-0.4, -0.2) is 6.54 Å². The highest BCUT2D eigenvalue weighted by molar-refractivity contribution is 5.21. The molecule has 0 bridgehead atoms. The zero-order chi connectivity index (χ0) is 11.7. The minimum atomic E-state index is -0.880. The Morgan fingerprint density at radius 1 is 1.19 bits per heavy atom. The first kappa shape index (κ1) is 11.5. The Kier molecular flexibility index (Phi) is 3.19. The summed E-state index contributed by atoms with van der Waals surface area (Å²) in [5.74, 6) is -1.91. The van der Waals surface area contributed by atoms with E-state index in [0.29, 0.717) is 12.5 Å². The molecule has 1 saturated carbocycles. The van der Waals surface area contributed by atoms with Crippen LogP contribution in [0.25, 0.3) is 0 Å². The molecule has 0 saturated heterocycles. The van der Waals surface area contributed by atoms with Crippen molar-refractivity contribution in [2.24, 2.45) is 17.6 Å². The Morgan fingerprint density at radius 3 is 2.19 bits per heavy atom. The maximum atomic E-state index is 13.4. The van der Waals surface area contributed by atoms with E-state index < -0.39 is 17.5 Å². The lowest BCUT2D eigenvalue weighted by molar-refractivity contribution is 0.439. The molecule has 1 atom stereocenters. The number of benzene rings is 1. The van der Waals surface area contributed by atoms with Gasteiger partial charge in [-0.25, -0.2) is 13.2 Å². The van der Waals surface area contributed by atoms with Gasteiger partial charge in [0.15, 0.2) is 0 Å². The van der Waals surface area contributed by atoms with Crippen LogP contribution in [0.1, 0.15) is 18.4 Å². The Balaban J connectivity index is 2.19. The van der Waals surface area contributed by atoms with Gasteiger partial charge in [0, 0.05) is 17.7 Å². The molecule has 4 heteroatoms. The van der Waals surface area contributed by atoms with E-state index in [1.54, 1.807) is 0 Å². The van der Waals surface area contributed by atoms with Crippen molar-refractivity contribution in [2.45, 2.75) is 19.3 Å². The van der Waals surface area contributed by atoms with Crippen molar-refractivity contribution in [3.63, 3.8) is 0 Å². The largest absolute Gasteiger partial charge is 0.330 e. The van der Waals surface area contributed by atoms with Gasteiger partial charge in [0.25, 0.3) is 0 Å². The third-order valence-electron chi connectivity index (χ3n) is 3.16. The molecule has 0 aliphatic heterocycles. The summed E-state index contributed by atoms with van der Waals surface area (Å²) in [7, 11) is 0. The number of nitrogens with two attached hydrogens (primary N) is 1. The lowest BCUT2D eigenvalue weighted by Gasteiger charge is -2.14. The molecule has 0 amide bonds. The smallest absolute Gasteiger partial charge is 0.132 e. The fourth-order valence-electron chi connectivity index (χ4n) is 2.04. The zero-order valence-electron chi connectivity index (χ0n) is 8.85. The van der Waals surface area contributed by atoms with E-state index in [1.807, 2.05) is 0 Å². The van der Waals surface area contributed by atoms with Gasteiger partial charge in [-0.15, -0.1) is 0 Å². The SMILES string of the molecule is NC[C@H](Cc1c(F)cc(F)cc1F)C1CC1. The molecular weight excluding hydrogens is 215 g/mol. The summed E-state index contributed by atoms with van der Waals surface area (Å²) < 4.78 is 39.4. The van der Waals surface area contributed by atoms with Gasteiger partial charge in [0.05, 0.1) is 0 Å². The van der Waals surface area contributed by atoms with E-state index in [2.05, 4.69) is 0 Å². The van der Waals surface area contributed by atoms with Crippen LogP contribution in [0.4, 0.5) is 13.2 Å². The Bertz CT molecular complexity index is 365. The predicted molar refractivity (Wildman–Crippen MR) is 55.3 cm³/mol. The second kappa shape index (κ2) is 4.45. The third kappa shape index (κ3) is 2.38. The molecular formula is C12H14F3N. The van der Waals surface area contributed by atoms with E-state index in [4.69, 9.17) is 5.73 Å². The highest BCUT2D eigenvalue weighted by atomic mass is 19.1. The lowest BCUT2D eigenvalue weighted by Crippen LogP contribution is -2.20. The summed E-state index contributed by atoms with van der Waals surface area (Å²) in [5.41, 5.74) is 5.53. The van der Waals surface area contributed by atoms with Crippen LogP contribution in [0.3, 0.4) is 0 Å². The third-order valence-corrected chi connectivity index (χ3v) is 3.16. The van der Waals surface area contributed by atoms with Crippen LogP contribution >= 0.6 is 0 Å². The fourth-order valence-corrected chi connectivity index (χ4v) is 2.04. The molecule has 2 rings (SSSR count). The molecule has 1 aliphatic rings. The summed E-state index contributed by atoms with van der Waals surface area (Å²) in [6, 6.07) is 1.44. The molecule has 1 aliphatic carbocycles. The predicted octanol–water partition coefficient (Wildman–Crippen LogP) is 2.63. The van der Waals surface area contributed by atoms with E-state index in [9.17, 15) is 13.2 Å². The number of halogens is 3. The molecule has 88 valence electrons. The Morgan fingerprint density at radius 2 is 1.75 bits per heavy atom. The summed E-state index contributed by atoms with van der Waals surface area (Å²) in [6.45, 7) is 0.418. The van der Waals surface area contributed by atoms with Gasteiger partial charge in [-0.3, -0.25) is 0 Å².